The first-order valence-corrected chi connectivity index (χ1v) is 11.3. The molecule has 1 atom stereocenters. The molecular weight excluding hydrogens is 434 g/mol. The number of phenolic OH excluding ortho intramolecular Hbond substituents is 1. The van der Waals surface area contributed by atoms with E-state index in [1.807, 2.05) is 24.3 Å². The van der Waals surface area contributed by atoms with E-state index in [9.17, 15) is 19.5 Å². The molecule has 0 spiro atoms. The van der Waals surface area contributed by atoms with Gasteiger partial charge in [0.05, 0.1) is 12.6 Å². The van der Waals surface area contributed by atoms with Crippen molar-refractivity contribution in [1.82, 2.24) is 15.6 Å². The zero-order chi connectivity index (χ0) is 24.5. The number of nitrogens with one attached hydrogen (secondary N) is 3. The van der Waals surface area contributed by atoms with E-state index in [1.54, 1.807) is 24.3 Å². The number of para-hydroxylation sites is 1. The number of H-pyrrole nitrogens is 1. The van der Waals surface area contributed by atoms with Crippen LogP contribution in [0.25, 0.3) is 10.9 Å². The van der Waals surface area contributed by atoms with Gasteiger partial charge in [-0.3, -0.25) is 14.4 Å². The van der Waals surface area contributed by atoms with E-state index in [-0.39, 0.29) is 24.1 Å². The van der Waals surface area contributed by atoms with Gasteiger partial charge in [-0.1, -0.05) is 36.8 Å². The first kappa shape index (κ1) is 24.8. The smallest absolute Gasteiger partial charge is 0.268 e. The van der Waals surface area contributed by atoms with Crippen molar-refractivity contribution < 1.29 is 19.5 Å². The number of aromatic hydroxyl groups is 1. The standard InChI is InChI=1S/C25H31N5O4/c26-20(14-16-9-11-17(31)12-10-16)24(33)28-13-5-1-2-7-19-18-6-3-4-8-21(18)30-23(19)25(34)29-15-22(27)32/h3-4,6,8-12,20,30-31H,1-2,5,7,13-15,26H2,(H2,27,32)(H,28,33)(H,29,34)/t20-/m0/s1. The maximum atomic E-state index is 12.5. The Morgan fingerprint density at radius 1 is 0.971 bits per heavy atom. The molecule has 9 nitrogen and oxygen atoms in total. The van der Waals surface area contributed by atoms with Gasteiger partial charge in [0.2, 0.25) is 11.8 Å². The molecule has 0 aliphatic heterocycles. The summed E-state index contributed by atoms with van der Waals surface area (Å²) in [5.41, 5.74) is 14.2. The van der Waals surface area contributed by atoms with E-state index in [1.165, 1.54) is 0 Å². The molecule has 1 aromatic heterocycles. The number of carbonyl (C=O) groups is 3. The van der Waals surface area contributed by atoms with Gasteiger partial charge >= 0.3 is 0 Å². The second-order valence-corrected chi connectivity index (χ2v) is 8.25. The quantitative estimate of drug-likeness (QED) is 0.223. The van der Waals surface area contributed by atoms with E-state index >= 15 is 0 Å². The summed E-state index contributed by atoms with van der Waals surface area (Å²) in [5.74, 6) is -0.998. The Morgan fingerprint density at radius 3 is 2.44 bits per heavy atom. The molecule has 0 radical (unpaired) electrons. The number of fused-ring (bicyclic) bond motifs is 1. The highest BCUT2D eigenvalue weighted by atomic mass is 16.3. The molecular formula is C25H31N5O4. The Kier molecular flexibility index (Phi) is 8.64. The lowest BCUT2D eigenvalue weighted by molar-refractivity contribution is -0.122. The number of aromatic nitrogens is 1. The number of rotatable bonds is 12. The molecule has 0 aliphatic carbocycles. The molecule has 34 heavy (non-hydrogen) atoms. The van der Waals surface area contributed by atoms with Gasteiger partial charge in [-0.15, -0.1) is 0 Å². The van der Waals surface area contributed by atoms with Crippen molar-refractivity contribution in [3.63, 3.8) is 0 Å². The molecule has 3 amide bonds. The predicted octanol–water partition coefficient (Wildman–Crippen LogP) is 1.49. The molecule has 0 saturated carbocycles. The number of unbranched alkanes of at least 4 members (excludes halogenated alkanes) is 2. The van der Waals surface area contributed by atoms with E-state index in [0.717, 1.165) is 41.3 Å². The van der Waals surface area contributed by atoms with Gasteiger partial charge in [0.25, 0.3) is 5.91 Å². The van der Waals surface area contributed by atoms with Gasteiger partial charge in [0, 0.05) is 17.4 Å². The van der Waals surface area contributed by atoms with Crippen molar-refractivity contribution in [2.75, 3.05) is 13.1 Å². The summed E-state index contributed by atoms with van der Waals surface area (Å²) < 4.78 is 0. The number of nitrogens with two attached hydrogens (primary N) is 2. The third kappa shape index (κ3) is 6.82. The second kappa shape index (κ2) is 11.9. The largest absolute Gasteiger partial charge is 0.508 e. The summed E-state index contributed by atoms with van der Waals surface area (Å²) in [6, 6.07) is 13.6. The maximum absolute atomic E-state index is 12.5. The Hall–Kier alpha value is -3.85. The minimum atomic E-state index is -0.655. The van der Waals surface area contributed by atoms with Crippen LogP contribution >= 0.6 is 0 Å². The van der Waals surface area contributed by atoms with Crippen LogP contribution in [0.15, 0.2) is 48.5 Å². The Morgan fingerprint density at radius 2 is 1.71 bits per heavy atom. The highest BCUT2D eigenvalue weighted by molar-refractivity contribution is 6.02. The minimum Gasteiger partial charge on any atom is -0.508 e. The van der Waals surface area contributed by atoms with Crippen LogP contribution in [0.1, 0.15) is 40.9 Å². The molecule has 0 aliphatic rings. The molecule has 0 saturated heterocycles. The summed E-state index contributed by atoms with van der Waals surface area (Å²) in [4.78, 5) is 38.9. The number of carbonyl (C=O) groups excluding carboxylic acids is 3. The van der Waals surface area contributed by atoms with Crippen LogP contribution in [-0.2, 0) is 22.4 Å². The van der Waals surface area contributed by atoms with E-state index in [2.05, 4.69) is 15.6 Å². The van der Waals surface area contributed by atoms with Crippen LogP contribution in [0.2, 0.25) is 0 Å². The topological polar surface area (TPSA) is 163 Å². The van der Waals surface area contributed by atoms with Crippen LogP contribution < -0.4 is 22.1 Å². The van der Waals surface area contributed by atoms with Crippen LogP contribution in [0, 0.1) is 0 Å². The summed E-state index contributed by atoms with van der Waals surface area (Å²) in [5, 5.41) is 15.7. The zero-order valence-electron chi connectivity index (χ0n) is 19.0. The molecule has 9 heteroatoms. The van der Waals surface area contributed by atoms with Gasteiger partial charge in [0.1, 0.15) is 11.4 Å². The number of benzene rings is 2. The van der Waals surface area contributed by atoms with Crippen molar-refractivity contribution in [3.8, 4) is 5.75 Å². The lowest BCUT2D eigenvalue weighted by atomic mass is 10.0. The van der Waals surface area contributed by atoms with Crippen LogP contribution in [0.5, 0.6) is 5.75 Å². The average molecular weight is 466 g/mol. The number of phenols is 1. The van der Waals surface area contributed by atoms with Gasteiger partial charge in [-0.05, 0) is 55.0 Å². The zero-order valence-corrected chi connectivity index (χ0v) is 19.0. The molecule has 3 rings (SSSR count). The normalized spacial score (nSPS) is 11.8. The van der Waals surface area contributed by atoms with Crippen molar-refractivity contribution in [2.45, 2.75) is 38.1 Å². The average Bonchev–Trinajstić information content (AvgIpc) is 3.19. The first-order valence-electron chi connectivity index (χ1n) is 11.3. The molecule has 2 aromatic carbocycles. The fraction of sp³-hybridized carbons (Fsp3) is 0.320. The molecule has 3 aromatic rings. The van der Waals surface area contributed by atoms with Gasteiger partial charge in [-0.2, -0.15) is 0 Å². The number of primary amides is 1. The Labute approximate surface area is 197 Å². The van der Waals surface area contributed by atoms with Crippen molar-refractivity contribution in [1.29, 1.82) is 0 Å². The van der Waals surface area contributed by atoms with Gasteiger partial charge in [0.15, 0.2) is 0 Å². The van der Waals surface area contributed by atoms with E-state index < -0.39 is 11.9 Å². The molecule has 180 valence electrons. The second-order valence-electron chi connectivity index (χ2n) is 8.25. The number of hydrogen-bond acceptors (Lipinski definition) is 5. The summed E-state index contributed by atoms with van der Waals surface area (Å²) in [7, 11) is 0. The first-order chi connectivity index (χ1) is 16.3. The Balaban J connectivity index is 1.46. The predicted molar refractivity (Wildman–Crippen MR) is 130 cm³/mol. The lowest BCUT2D eigenvalue weighted by Gasteiger charge is -2.12. The monoisotopic (exact) mass is 465 g/mol. The molecule has 0 fully saturated rings. The molecule has 1 heterocycles. The maximum Gasteiger partial charge on any atom is 0.268 e. The fourth-order valence-corrected chi connectivity index (χ4v) is 3.83. The lowest BCUT2D eigenvalue weighted by Crippen LogP contribution is -2.42. The molecule has 8 N–H and O–H groups in total. The summed E-state index contributed by atoms with van der Waals surface area (Å²) in [6.07, 6.45) is 3.54. The Bertz CT molecular complexity index is 1140. The van der Waals surface area contributed by atoms with Crippen molar-refractivity contribution in [2.24, 2.45) is 11.5 Å². The SMILES string of the molecule is NC(=O)CNC(=O)c1[nH]c2ccccc2c1CCCCCNC(=O)[C@@H](N)Cc1ccc(O)cc1. The molecule has 0 bridgehead atoms. The van der Waals surface area contributed by atoms with Crippen LogP contribution in [0.3, 0.4) is 0 Å². The highest BCUT2D eigenvalue weighted by Gasteiger charge is 2.18. The van der Waals surface area contributed by atoms with Crippen LogP contribution in [-0.4, -0.2) is 46.9 Å². The number of aromatic amines is 1. The molecule has 0 unspecified atom stereocenters. The summed E-state index contributed by atoms with van der Waals surface area (Å²) >= 11 is 0. The fourth-order valence-electron chi connectivity index (χ4n) is 3.83. The van der Waals surface area contributed by atoms with E-state index in [4.69, 9.17) is 11.5 Å². The number of aryl methyl sites for hydroxylation is 1. The number of amides is 3. The third-order valence-corrected chi connectivity index (χ3v) is 5.60. The van der Waals surface area contributed by atoms with Crippen molar-refractivity contribution in [3.05, 3.63) is 65.4 Å². The van der Waals surface area contributed by atoms with Gasteiger partial charge in [-0.25, -0.2) is 0 Å². The van der Waals surface area contributed by atoms with Crippen LogP contribution in [0.4, 0.5) is 0 Å². The number of hydrogen-bond donors (Lipinski definition) is 6. The minimum absolute atomic E-state index is 0.174. The van der Waals surface area contributed by atoms with Gasteiger partial charge < -0.3 is 32.2 Å². The summed E-state index contributed by atoms with van der Waals surface area (Å²) in [6.45, 7) is 0.296. The third-order valence-electron chi connectivity index (χ3n) is 5.60. The highest BCUT2D eigenvalue weighted by Crippen LogP contribution is 2.24. The van der Waals surface area contributed by atoms with E-state index in [0.29, 0.717) is 25.1 Å². The van der Waals surface area contributed by atoms with Crippen molar-refractivity contribution >= 4 is 28.6 Å².